The van der Waals surface area contributed by atoms with Crippen LogP contribution in [0.3, 0.4) is 0 Å². The van der Waals surface area contributed by atoms with Gasteiger partial charge in [0.1, 0.15) is 6.04 Å². The van der Waals surface area contributed by atoms with Gasteiger partial charge in [0.05, 0.1) is 4.90 Å². The minimum absolute atomic E-state index is 0.0988. The summed E-state index contributed by atoms with van der Waals surface area (Å²) in [5.74, 6) is -1.24. The predicted molar refractivity (Wildman–Crippen MR) is 107 cm³/mol. The molecule has 7 nitrogen and oxygen atoms in total. The molecule has 1 unspecified atom stereocenters. The van der Waals surface area contributed by atoms with Crippen molar-refractivity contribution in [1.29, 1.82) is 0 Å². The zero-order valence-electron chi connectivity index (χ0n) is 16.5. The van der Waals surface area contributed by atoms with Crippen LogP contribution >= 0.6 is 0 Å². The number of carbonyl (C=O) groups is 2. The van der Waals surface area contributed by atoms with Crippen LogP contribution in [0.5, 0.6) is 0 Å². The van der Waals surface area contributed by atoms with Crippen molar-refractivity contribution in [2.75, 3.05) is 13.6 Å². The number of hydrogen-bond acceptors (Lipinski definition) is 4. The number of likely N-dealkylation sites (tertiary alicyclic amines) is 1. The summed E-state index contributed by atoms with van der Waals surface area (Å²) in [6, 6.07) is 5.34. The molecule has 1 aliphatic heterocycles. The summed E-state index contributed by atoms with van der Waals surface area (Å²) in [6.07, 6.45) is 2.13. The Morgan fingerprint density at radius 3 is 2.64 bits per heavy atom. The third-order valence-corrected chi connectivity index (χ3v) is 6.49. The minimum Gasteiger partial charge on any atom is -0.480 e. The molecule has 0 aliphatic carbocycles. The molecule has 1 heterocycles. The van der Waals surface area contributed by atoms with Gasteiger partial charge in [0, 0.05) is 25.0 Å². The molecule has 2 atom stereocenters. The van der Waals surface area contributed by atoms with Crippen LogP contribution in [0.25, 0.3) is 0 Å². The average molecular weight is 409 g/mol. The van der Waals surface area contributed by atoms with Crippen LogP contribution in [0.2, 0.25) is 0 Å². The van der Waals surface area contributed by atoms with E-state index < -0.39 is 21.8 Å². The topological polar surface area (TPSA) is 95.0 Å². The number of nitrogens with zero attached hydrogens (tertiary/aromatic N) is 2. The number of aliphatic carboxylic acids is 1. The number of benzene rings is 1. The number of carboxylic acid groups (broad SMARTS) is 1. The Morgan fingerprint density at radius 1 is 1.39 bits per heavy atom. The van der Waals surface area contributed by atoms with E-state index in [4.69, 9.17) is 0 Å². The second-order valence-electron chi connectivity index (χ2n) is 7.47. The summed E-state index contributed by atoms with van der Waals surface area (Å²) in [7, 11) is -2.00. The van der Waals surface area contributed by atoms with Crippen LogP contribution in [0.15, 0.2) is 41.1 Å². The Kier molecular flexibility index (Phi) is 6.87. The van der Waals surface area contributed by atoms with E-state index in [2.05, 4.69) is 6.58 Å². The Hall–Kier alpha value is -2.35. The first-order chi connectivity index (χ1) is 13.1. The highest BCUT2D eigenvalue weighted by molar-refractivity contribution is 7.94. The SMILES string of the molecule is C=CS(=O)(=O)c1cccc(CC2CCCN2C(=O)N(C)[C@H](C(=O)O)C(C)C)c1. The maximum absolute atomic E-state index is 12.9. The van der Waals surface area contributed by atoms with Crippen molar-refractivity contribution in [2.24, 2.45) is 5.92 Å². The van der Waals surface area contributed by atoms with Crippen molar-refractivity contribution in [1.82, 2.24) is 9.80 Å². The number of hydrogen-bond donors (Lipinski definition) is 1. The van der Waals surface area contributed by atoms with Gasteiger partial charge < -0.3 is 14.9 Å². The van der Waals surface area contributed by atoms with Gasteiger partial charge in [0.15, 0.2) is 9.84 Å². The molecule has 0 saturated carbocycles. The van der Waals surface area contributed by atoms with Crippen LogP contribution in [-0.4, -0.2) is 61.0 Å². The van der Waals surface area contributed by atoms with Crippen LogP contribution in [0.1, 0.15) is 32.3 Å². The summed E-state index contributed by atoms with van der Waals surface area (Å²) < 4.78 is 24.0. The number of carboxylic acids is 1. The molecule has 8 heteroatoms. The van der Waals surface area contributed by atoms with E-state index >= 15 is 0 Å². The largest absolute Gasteiger partial charge is 0.480 e. The lowest BCUT2D eigenvalue weighted by Gasteiger charge is -2.34. The van der Waals surface area contributed by atoms with Gasteiger partial charge in [-0.2, -0.15) is 0 Å². The van der Waals surface area contributed by atoms with Gasteiger partial charge in [-0.1, -0.05) is 32.6 Å². The third-order valence-electron chi connectivity index (χ3n) is 5.14. The molecule has 1 aliphatic rings. The fourth-order valence-corrected chi connectivity index (χ4v) is 4.51. The Morgan fingerprint density at radius 2 is 2.07 bits per heavy atom. The molecule has 2 rings (SSSR count). The number of carbonyl (C=O) groups excluding carboxylic acids is 1. The maximum Gasteiger partial charge on any atom is 0.326 e. The normalized spacial score (nSPS) is 18.1. The van der Waals surface area contributed by atoms with Crippen molar-refractivity contribution in [3.63, 3.8) is 0 Å². The molecular weight excluding hydrogens is 380 g/mol. The first kappa shape index (κ1) is 21.9. The number of urea groups is 1. The number of rotatable bonds is 7. The average Bonchev–Trinajstić information content (AvgIpc) is 3.08. The molecule has 1 N–H and O–H groups in total. The minimum atomic E-state index is -3.52. The first-order valence-corrected chi connectivity index (χ1v) is 10.9. The second-order valence-corrected chi connectivity index (χ2v) is 9.37. The Bertz CT molecular complexity index is 850. The van der Waals surface area contributed by atoms with Gasteiger partial charge in [-0.15, -0.1) is 0 Å². The molecule has 1 saturated heterocycles. The molecule has 1 aromatic rings. The van der Waals surface area contributed by atoms with Crippen molar-refractivity contribution in [3.05, 3.63) is 41.8 Å². The van der Waals surface area contributed by atoms with Crippen molar-refractivity contribution in [2.45, 2.75) is 50.1 Å². The van der Waals surface area contributed by atoms with Crippen molar-refractivity contribution in [3.8, 4) is 0 Å². The van der Waals surface area contributed by atoms with E-state index in [0.717, 1.165) is 23.8 Å². The van der Waals surface area contributed by atoms with E-state index in [0.29, 0.717) is 13.0 Å². The lowest BCUT2D eigenvalue weighted by atomic mass is 10.0. The van der Waals surface area contributed by atoms with Crippen LogP contribution in [-0.2, 0) is 21.1 Å². The van der Waals surface area contributed by atoms with E-state index in [1.165, 1.54) is 18.0 Å². The van der Waals surface area contributed by atoms with Gasteiger partial charge in [0.2, 0.25) is 0 Å². The highest BCUT2D eigenvalue weighted by Gasteiger charge is 2.36. The third kappa shape index (κ3) is 4.73. The van der Waals surface area contributed by atoms with Crippen molar-refractivity contribution < 1.29 is 23.1 Å². The molecule has 2 amide bonds. The van der Waals surface area contributed by atoms with Crippen molar-refractivity contribution >= 4 is 21.8 Å². The highest BCUT2D eigenvalue weighted by atomic mass is 32.2. The number of likely N-dealkylation sites (N-methyl/N-ethyl adjacent to an activating group) is 1. The predicted octanol–water partition coefficient (Wildman–Crippen LogP) is 2.77. The first-order valence-electron chi connectivity index (χ1n) is 9.31. The molecule has 1 aromatic carbocycles. The van der Waals surface area contributed by atoms with Gasteiger partial charge in [-0.3, -0.25) is 0 Å². The molecule has 154 valence electrons. The summed E-state index contributed by atoms with van der Waals surface area (Å²) in [5.41, 5.74) is 0.814. The lowest BCUT2D eigenvalue weighted by molar-refractivity contribution is -0.143. The quantitative estimate of drug-likeness (QED) is 0.749. The molecule has 0 spiro atoms. The Labute approximate surface area is 166 Å². The standard InChI is InChI=1S/C20H28N2O5S/c1-5-28(26,27)17-10-6-8-15(13-17)12-16-9-7-11-22(16)20(25)21(4)18(14(2)3)19(23)24/h5-6,8,10,13-14,16,18H,1,7,9,11-12H2,2-4H3,(H,23,24)/t16?,18-/m0/s1. The zero-order valence-corrected chi connectivity index (χ0v) is 17.4. The second kappa shape index (κ2) is 8.77. The monoisotopic (exact) mass is 408 g/mol. The molecule has 1 fully saturated rings. The van der Waals surface area contributed by atoms with Gasteiger partial charge in [0.25, 0.3) is 0 Å². The highest BCUT2D eigenvalue weighted by Crippen LogP contribution is 2.25. The molecule has 0 aromatic heterocycles. The zero-order chi connectivity index (χ0) is 21.1. The summed E-state index contributed by atoms with van der Waals surface area (Å²) in [4.78, 5) is 27.7. The van der Waals surface area contributed by atoms with E-state index in [-0.39, 0.29) is 22.9 Å². The fraction of sp³-hybridized carbons (Fsp3) is 0.500. The van der Waals surface area contributed by atoms with Gasteiger partial charge >= 0.3 is 12.0 Å². The van der Waals surface area contributed by atoms with Crippen LogP contribution < -0.4 is 0 Å². The molecular formula is C20H28N2O5S. The summed E-state index contributed by atoms with van der Waals surface area (Å²) in [6.45, 7) is 7.45. The number of sulfone groups is 1. The van der Waals surface area contributed by atoms with E-state index in [9.17, 15) is 23.1 Å². The van der Waals surface area contributed by atoms with Gasteiger partial charge in [-0.05, 0) is 42.9 Å². The lowest BCUT2D eigenvalue weighted by Crippen LogP contribution is -2.52. The Balaban J connectivity index is 2.19. The molecule has 0 bridgehead atoms. The van der Waals surface area contributed by atoms with Gasteiger partial charge in [-0.25, -0.2) is 18.0 Å². The summed E-state index contributed by atoms with van der Waals surface area (Å²) in [5, 5.41) is 10.4. The van der Waals surface area contributed by atoms with E-state index in [1.54, 1.807) is 30.9 Å². The number of amides is 2. The summed E-state index contributed by atoms with van der Waals surface area (Å²) >= 11 is 0. The molecule has 0 radical (unpaired) electrons. The van der Waals surface area contributed by atoms with Crippen LogP contribution in [0.4, 0.5) is 4.79 Å². The van der Waals surface area contributed by atoms with E-state index in [1.807, 2.05) is 6.07 Å². The molecule has 28 heavy (non-hydrogen) atoms. The maximum atomic E-state index is 12.9. The fourth-order valence-electron chi connectivity index (χ4n) is 3.74. The smallest absolute Gasteiger partial charge is 0.326 e. The van der Waals surface area contributed by atoms with Crippen LogP contribution in [0, 0.1) is 5.92 Å².